The molecule has 1 aliphatic carbocycles. The number of hydrogen-bond donors (Lipinski definition) is 1. The van der Waals surface area contributed by atoms with Crippen LogP contribution in [-0.4, -0.2) is 45.8 Å². The maximum Gasteiger partial charge on any atom is 0.194 e. The molecule has 0 saturated heterocycles. The normalized spacial score (nSPS) is 22.2. The van der Waals surface area contributed by atoms with E-state index in [1.165, 1.54) is 25.7 Å². The molecule has 6 nitrogen and oxygen atoms in total. The van der Waals surface area contributed by atoms with Crippen molar-refractivity contribution in [1.29, 1.82) is 0 Å². The number of rotatable bonds is 6. The van der Waals surface area contributed by atoms with E-state index in [0.29, 0.717) is 6.54 Å². The van der Waals surface area contributed by atoms with Crippen LogP contribution in [0.5, 0.6) is 0 Å². The Morgan fingerprint density at radius 1 is 1.35 bits per heavy atom. The first kappa shape index (κ1) is 17.8. The smallest absolute Gasteiger partial charge is 0.194 e. The lowest BCUT2D eigenvalue weighted by atomic mass is 9.83. The van der Waals surface area contributed by atoms with E-state index in [2.05, 4.69) is 48.2 Å². The average molecular weight is 320 g/mol. The number of nitrogens with one attached hydrogen (secondary N) is 1. The van der Waals surface area contributed by atoms with Crippen LogP contribution in [0, 0.1) is 11.8 Å². The van der Waals surface area contributed by atoms with Gasteiger partial charge in [-0.3, -0.25) is 0 Å². The van der Waals surface area contributed by atoms with E-state index in [1.807, 2.05) is 4.57 Å². The molecular weight excluding hydrogens is 288 g/mol. The molecule has 0 bridgehead atoms. The van der Waals surface area contributed by atoms with Crippen LogP contribution in [0.15, 0.2) is 11.3 Å². The van der Waals surface area contributed by atoms with Crippen LogP contribution in [0.2, 0.25) is 0 Å². The first-order valence-corrected chi connectivity index (χ1v) is 9.00. The Hall–Kier alpha value is -1.59. The monoisotopic (exact) mass is 320 g/mol. The number of nitrogens with zero attached hydrogens (tertiary/aromatic N) is 5. The highest BCUT2D eigenvalue weighted by atomic mass is 15.3. The molecule has 6 heteroatoms. The van der Waals surface area contributed by atoms with Gasteiger partial charge in [-0.15, -0.1) is 10.2 Å². The summed E-state index contributed by atoms with van der Waals surface area (Å²) in [6.07, 6.45) is 7.19. The molecule has 0 unspecified atom stereocenters. The fourth-order valence-corrected chi connectivity index (χ4v) is 3.27. The molecule has 1 N–H and O–H groups in total. The fourth-order valence-electron chi connectivity index (χ4n) is 3.27. The first-order chi connectivity index (χ1) is 11.1. The molecule has 0 spiro atoms. The van der Waals surface area contributed by atoms with E-state index in [1.54, 1.807) is 6.33 Å². The molecule has 2 rings (SSSR count). The van der Waals surface area contributed by atoms with E-state index < -0.39 is 0 Å². The average Bonchev–Trinajstić information content (AvgIpc) is 3.01. The Labute approximate surface area is 140 Å². The van der Waals surface area contributed by atoms with Gasteiger partial charge < -0.3 is 14.8 Å². The minimum atomic E-state index is 0.572. The number of guanidine groups is 1. The summed E-state index contributed by atoms with van der Waals surface area (Å²) in [7, 11) is 2.14. The summed E-state index contributed by atoms with van der Waals surface area (Å²) in [5.41, 5.74) is 0. The third-order valence-electron chi connectivity index (χ3n) is 4.77. The minimum Gasteiger partial charge on any atom is -0.357 e. The summed E-state index contributed by atoms with van der Waals surface area (Å²) in [4.78, 5) is 7.03. The maximum absolute atomic E-state index is 4.75. The SMILES string of the molecule is CCNC(=NCc1nncn1CC)N(C)CC1CCC(C)CC1. The van der Waals surface area contributed by atoms with Crippen LogP contribution in [0.25, 0.3) is 0 Å². The topological polar surface area (TPSA) is 58.3 Å². The van der Waals surface area contributed by atoms with Crippen molar-refractivity contribution < 1.29 is 0 Å². The zero-order valence-corrected chi connectivity index (χ0v) is 15.1. The molecule has 1 fully saturated rings. The summed E-state index contributed by atoms with van der Waals surface area (Å²) < 4.78 is 2.04. The second-order valence-electron chi connectivity index (χ2n) is 6.71. The molecule has 0 aliphatic heterocycles. The Morgan fingerprint density at radius 3 is 2.74 bits per heavy atom. The van der Waals surface area contributed by atoms with Crippen molar-refractivity contribution in [1.82, 2.24) is 25.0 Å². The maximum atomic E-state index is 4.75. The summed E-state index contributed by atoms with van der Waals surface area (Å²) >= 11 is 0. The van der Waals surface area contributed by atoms with Gasteiger partial charge in [-0.1, -0.05) is 19.8 Å². The summed E-state index contributed by atoms with van der Waals surface area (Å²) in [6, 6.07) is 0. The van der Waals surface area contributed by atoms with Gasteiger partial charge in [0.05, 0.1) is 0 Å². The minimum absolute atomic E-state index is 0.572. The summed E-state index contributed by atoms with van der Waals surface area (Å²) in [5, 5.41) is 11.5. The van der Waals surface area contributed by atoms with E-state index in [4.69, 9.17) is 4.99 Å². The lowest BCUT2D eigenvalue weighted by Gasteiger charge is -2.31. The van der Waals surface area contributed by atoms with Gasteiger partial charge in [0.1, 0.15) is 12.9 Å². The van der Waals surface area contributed by atoms with Crippen LogP contribution in [0.1, 0.15) is 52.3 Å². The molecule has 0 radical (unpaired) electrons. The van der Waals surface area contributed by atoms with E-state index >= 15 is 0 Å². The molecule has 1 aliphatic rings. The van der Waals surface area contributed by atoms with Gasteiger partial charge in [-0.05, 0) is 38.5 Å². The van der Waals surface area contributed by atoms with Crippen molar-refractivity contribution in [3.8, 4) is 0 Å². The van der Waals surface area contributed by atoms with E-state index in [-0.39, 0.29) is 0 Å². The Morgan fingerprint density at radius 2 is 2.09 bits per heavy atom. The van der Waals surface area contributed by atoms with Crippen LogP contribution in [0.4, 0.5) is 0 Å². The van der Waals surface area contributed by atoms with Crippen LogP contribution >= 0.6 is 0 Å². The van der Waals surface area contributed by atoms with Crippen molar-refractivity contribution in [2.75, 3.05) is 20.1 Å². The van der Waals surface area contributed by atoms with Crippen molar-refractivity contribution in [3.63, 3.8) is 0 Å². The lowest BCUT2D eigenvalue weighted by molar-refractivity contribution is 0.250. The molecular formula is C17H32N6. The third kappa shape index (κ3) is 5.22. The number of aromatic nitrogens is 3. The zero-order chi connectivity index (χ0) is 16.7. The fraction of sp³-hybridized carbons (Fsp3) is 0.824. The second kappa shape index (κ2) is 8.89. The first-order valence-electron chi connectivity index (χ1n) is 9.00. The van der Waals surface area contributed by atoms with Gasteiger partial charge >= 0.3 is 0 Å². The van der Waals surface area contributed by atoms with Gasteiger partial charge in [0.25, 0.3) is 0 Å². The Bertz CT molecular complexity index is 487. The van der Waals surface area contributed by atoms with Gasteiger partial charge in [0.2, 0.25) is 0 Å². The molecule has 0 aromatic carbocycles. The lowest BCUT2D eigenvalue weighted by Crippen LogP contribution is -2.41. The highest BCUT2D eigenvalue weighted by Crippen LogP contribution is 2.28. The molecule has 130 valence electrons. The predicted octanol–water partition coefficient (Wildman–Crippen LogP) is 2.52. The van der Waals surface area contributed by atoms with E-state index in [9.17, 15) is 0 Å². The van der Waals surface area contributed by atoms with Crippen molar-refractivity contribution in [2.24, 2.45) is 16.8 Å². The largest absolute Gasteiger partial charge is 0.357 e. The number of hydrogen-bond acceptors (Lipinski definition) is 3. The van der Waals surface area contributed by atoms with Gasteiger partial charge in [0, 0.05) is 26.7 Å². The van der Waals surface area contributed by atoms with Gasteiger partial charge in [0.15, 0.2) is 11.8 Å². The van der Waals surface area contributed by atoms with Crippen molar-refractivity contribution in [2.45, 2.75) is 59.5 Å². The highest BCUT2D eigenvalue weighted by molar-refractivity contribution is 5.79. The summed E-state index contributed by atoms with van der Waals surface area (Å²) in [6.45, 7) is 9.99. The van der Waals surface area contributed by atoms with Gasteiger partial charge in [-0.25, -0.2) is 4.99 Å². The second-order valence-corrected chi connectivity index (χ2v) is 6.71. The van der Waals surface area contributed by atoms with Crippen LogP contribution in [0.3, 0.4) is 0 Å². The van der Waals surface area contributed by atoms with Crippen LogP contribution in [-0.2, 0) is 13.1 Å². The van der Waals surface area contributed by atoms with Crippen LogP contribution < -0.4 is 5.32 Å². The predicted molar refractivity (Wildman–Crippen MR) is 94.3 cm³/mol. The van der Waals surface area contributed by atoms with Gasteiger partial charge in [-0.2, -0.15) is 0 Å². The van der Waals surface area contributed by atoms with Crippen molar-refractivity contribution in [3.05, 3.63) is 12.2 Å². The molecule has 0 amide bonds. The quantitative estimate of drug-likeness (QED) is 0.646. The molecule has 1 heterocycles. The summed E-state index contributed by atoms with van der Waals surface area (Å²) in [5.74, 6) is 3.58. The third-order valence-corrected chi connectivity index (χ3v) is 4.77. The standard InChI is InChI=1S/C17H32N6/c1-5-18-17(19-11-16-21-20-13-23(16)6-2)22(4)12-15-9-7-14(3)8-10-15/h13-15H,5-12H2,1-4H3,(H,18,19). The van der Waals surface area contributed by atoms with E-state index in [0.717, 1.165) is 43.3 Å². The molecule has 1 saturated carbocycles. The Balaban J connectivity index is 1.94. The number of aryl methyl sites for hydroxylation is 1. The molecule has 1 aromatic rings. The highest BCUT2D eigenvalue weighted by Gasteiger charge is 2.20. The van der Waals surface area contributed by atoms with Crippen molar-refractivity contribution >= 4 is 5.96 Å². The molecule has 0 atom stereocenters. The zero-order valence-electron chi connectivity index (χ0n) is 15.1. The number of aliphatic imine (C=N–C) groups is 1. The Kier molecular flexibility index (Phi) is 6.86. The molecule has 23 heavy (non-hydrogen) atoms. The molecule has 1 aromatic heterocycles.